The van der Waals surface area contributed by atoms with Crippen LogP contribution in [0, 0.1) is 0 Å². The van der Waals surface area contributed by atoms with Crippen LogP contribution >= 0.6 is 0 Å². The molecule has 19 heavy (non-hydrogen) atoms. The van der Waals surface area contributed by atoms with Gasteiger partial charge >= 0.3 is 11.7 Å². The molecular weight excluding hydrogens is 246 g/mol. The molecule has 1 aromatic carbocycles. The molecule has 100 valence electrons. The number of ether oxygens (including phenoxy) is 1. The summed E-state index contributed by atoms with van der Waals surface area (Å²) in [5, 5.41) is 3.35. The zero-order chi connectivity index (χ0) is 14.0. The van der Waals surface area contributed by atoms with Gasteiger partial charge in [-0.15, -0.1) is 0 Å². The molecule has 2 aromatic rings. The fourth-order valence-electron chi connectivity index (χ4n) is 1.57. The standard InChI is InChI=1S/C14H15NO4/c1-14(2,3)19-13(17)15-10-5-6-11-9(8-10)4-7-12(16)18-11/h4-8H,1-3H3,(H,15,17). The average Bonchev–Trinajstić information content (AvgIpc) is 2.26. The Morgan fingerprint density at radius 2 is 1.95 bits per heavy atom. The smallest absolute Gasteiger partial charge is 0.412 e. The number of amides is 1. The minimum atomic E-state index is -0.548. The van der Waals surface area contributed by atoms with Gasteiger partial charge in [-0.2, -0.15) is 0 Å². The molecule has 5 heteroatoms. The molecule has 0 aliphatic carbocycles. The van der Waals surface area contributed by atoms with Gasteiger partial charge in [0.05, 0.1) is 0 Å². The second-order valence-electron chi connectivity index (χ2n) is 5.13. The topological polar surface area (TPSA) is 68.5 Å². The Balaban J connectivity index is 2.20. The van der Waals surface area contributed by atoms with Gasteiger partial charge in [0.25, 0.3) is 0 Å². The number of hydrogen-bond donors (Lipinski definition) is 1. The first kappa shape index (κ1) is 13.1. The van der Waals surface area contributed by atoms with Gasteiger partial charge in [0.1, 0.15) is 11.2 Å². The molecule has 0 aliphatic rings. The van der Waals surface area contributed by atoms with E-state index in [-0.39, 0.29) is 0 Å². The molecule has 0 radical (unpaired) electrons. The molecular formula is C14H15NO4. The molecule has 1 heterocycles. The van der Waals surface area contributed by atoms with Crippen LogP contribution in [0.5, 0.6) is 0 Å². The van der Waals surface area contributed by atoms with E-state index in [2.05, 4.69) is 5.32 Å². The first-order chi connectivity index (χ1) is 8.83. The molecule has 2 rings (SSSR count). The molecule has 0 saturated carbocycles. The van der Waals surface area contributed by atoms with E-state index in [0.717, 1.165) is 5.39 Å². The molecule has 1 N–H and O–H groups in total. The van der Waals surface area contributed by atoms with Crippen molar-refractivity contribution in [2.75, 3.05) is 5.32 Å². The number of nitrogens with one attached hydrogen (secondary N) is 1. The minimum Gasteiger partial charge on any atom is -0.444 e. The number of carbonyl (C=O) groups is 1. The van der Waals surface area contributed by atoms with Crippen LogP contribution in [-0.2, 0) is 4.74 Å². The van der Waals surface area contributed by atoms with E-state index in [4.69, 9.17) is 9.15 Å². The summed E-state index contributed by atoms with van der Waals surface area (Å²) in [7, 11) is 0. The van der Waals surface area contributed by atoms with Crippen LogP contribution in [-0.4, -0.2) is 11.7 Å². The van der Waals surface area contributed by atoms with Crippen LogP contribution in [0.2, 0.25) is 0 Å². The molecule has 1 amide bonds. The van der Waals surface area contributed by atoms with Gasteiger partial charge in [0.2, 0.25) is 0 Å². The van der Waals surface area contributed by atoms with Crippen molar-refractivity contribution in [2.24, 2.45) is 0 Å². The maximum Gasteiger partial charge on any atom is 0.412 e. The van der Waals surface area contributed by atoms with Crippen molar-refractivity contribution in [3.05, 3.63) is 40.8 Å². The number of fused-ring (bicyclic) bond motifs is 1. The van der Waals surface area contributed by atoms with Gasteiger partial charge in [0.15, 0.2) is 0 Å². The molecule has 0 fully saturated rings. The molecule has 0 spiro atoms. The first-order valence-electron chi connectivity index (χ1n) is 5.87. The molecule has 1 aromatic heterocycles. The molecule has 0 bridgehead atoms. The summed E-state index contributed by atoms with van der Waals surface area (Å²) in [6, 6.07) is 7.96. The summed E-state index contributed by atoms with van der Waals surface area (Å²) >= 11 is 0. The summed E-state index contributed by atoms with van der Waals surface area (Å²) < 4.78 is 10.2. The second kappa shape index (κ2) is 4.76. The summed E-state index contributed by atoms with van der Waals surface area (Å²) in [5.41, 5.74) is 0.103. The fraction of sp³-hybridized carbons (Fsp3) is 0.286. The highest BCUT2D eigenvalue weighted by Crippen LogP contribution is 2.18. The van der Waals surface area contributed by atoms with Crippen LogP contribution in [0.3, 0.4) is 0 Å². The van der Waals surface area contributed by atoms with Gasteiger partial charge in [-0.05, 0) is 45.0 Å². The Bertz CT molecular complexity index is 667. The van der Waals surface area contributed by atoms with Crippen molar-refractivity contribution in [1.29, 1.82) is 0 Å². The van der Waals surface area contributed by atoms with Crippen LogP contribution in [0.15, 0.2) is 39.5 Å². The summed E-state index contributed by atoms with van der Waals surface area (Å²) in [6.45, 7) is 5.38. The monoisotopic (exact) mass is 261 g/mol. The van der Waals surface area contributed by atoms with Gasteiger partial charge < -0.3 is 9.15 Å². The molecule has 0 unspecified atom stereocenters. The van der Waals surface area contributed by atoms with Crippen LogP contribution in [0.4, 0.5) is 10.5 Å². The Morgan fingerprint density at radius 3 is 2.63 bits per heavy atom. The number of hydrogen-bond acceptors (Lipinski definition) is 4. The van der Waals surface area contributed by atoms with E-state index < -0.39 is 17.3 Å². The molecule has 0 saturated heterocycles. The van der Waals surface area contributed by atoms with Crippen LogP contribution < -0.4 is 10.9 Å². The fourth-order valence-corrected chi connectivity index (χ4v) is 1.57. The highest BCUT2D eigenvalue weighted by molar-refractivity contribution is 5.89. The van der Waals surface area contributed by atoms with Gasteiger partial charge in [-0.25, -0.2) is 9.59 Å². The predicted octanol–water partition coefficient (Wildman–Crippen LogP) is 3.14. The number of anilines is 1. The maximum atomic E-state index is 11.6. The highest BCUT2D eigenvalue weighted by atomic mass is 16.6. The SMILES string of the molecule is CC(C)(C)OC(=O)Nc1ccc2oc(=O)ccc2c1. The van der Waals surface area contributed by atoms with Crippen LogP contribution in [0.1, 0.15) is 20.8 Å². The second-order valence-corrected chi connectivity index (χ2v) is 5.13. The quantitative estimate of drug-likeness (QED) is 0.801. The van der Waals surface area contributed by atoms with E-state index in [1.807, 2.05) is 0 Å². The first-order valence-corrected chi connectivity index (χ1v) is 5.87. The summed E-state index contributed by atoms with van der Waals surface area (Å²) in [5.74, 6) is 0. The Labute approximate surface area is 110 Å². The van der Waals surface area contributed by atoms with Crippen molar-refractivity contribution in [1.82, 2.24) is 0 Å². The van der Waals surface area contributed by atoms with Crippen LogP contribution in [0.25, 0.3) is 11.0 Å². The van der Waals surface area contributed by atoms with E-state index in [9.17, 15) is 9.59 Å². The predicted molar refractivity (Wildman–Crippen MR) is 72.3 cm³/mol. The summed E-state index contributed by atoms with van der Waals surface area (Å²) in [6.07, 6.45) is -0.524. The number of benzene rings is 1. The maximum absolute atomic E-state index is 11.6. The lowest BCUT2D eigenvalue weighted by atomic mass is 10.2. The van der Waals surface area contributed by atoms with Crippen molar-refractivity contribution in [2.45, 2.75) is 26.4 Å². The third-order valence-electron chi connectivity index (χ3n) is 2.26. The highest BCUT2D eigenvalue weighted by Gasteiger charge is 2.16. The van der Waals surface area contributed by atoms with E-state index >= 15 is 0 Å². The van der Waals surface area contributed by atoms with E-state index in [1.54, 1.807) is 45.0 Å². The van der Waals surface area contributed by atoms with Crippen molar-refractivity contribution < 1.29 is 13.9 Å². The van der Waals surface area contributed by atoms with Crippen molar-refractivity contribution in [3.63, 3.8) is 0 Å². The molecule has 5 nitrogen and oxygen atoms in total. The Kier molecular flexibility index (Phi) is 3.29. The van der Waals surface area contributed by atoms with Gasteiger partial charge in [-0.3, -0.25) is 5.32 Å². The molecule has 0 atom stereocenters. The number of rotatable bonds is 1. The minimum absolute atomic E-state index is 0.402. The van der Waals surface area contributed by atoms with Gasteiger partial charge in [-0.1, -0.05) is 0 Å². The number of carbonyl (C=O) groups excluding carboxylic acids is 1. The van der Waals surface area contributed by atoms with Crippen molar-refractivity contribution >= 4 is 22.7 Å². The summed E-state index contributed by atoms with van der Waals surface area (Å²) in [4.78, 5) is 22.7. The normalized spacial score (nSPS) is 11.3. The third kappa shape index (κ3) is 3.58. The largest absolute Gasteiger partial charge is 0.444 e. The van der Waals surface area contributed by atoms with Gasteiger partial charge in [0, 0.05) is 17.1 Å². The Hall–Kier alpha value is -2.30. The Morgan fingerprint density at radius 1 is 1.21 bits per heavy atom. The zero-order valence-corrected chi connectivity index (χ0v) is 11.0. The van der Waals surface area contributed by atoms with Crippen molar-refractivity contribution in [3.8, 4) is 0 Å². The van der Waals surface area contributed by atoms with E-state index in [1.165, 1.54) is 6.07 Å². The molecule has 0 aliphatic heterocycles. The average molecular weight is 261 g/mol. The van der Waals surface area contributed by atoms with E-state index in [0.29, 0.717) is 11.3 Å². The third-order valence-corrected chi connectivity index (χ3v) is 2.26. The lowest BCUT2D eigenvalue weighted by Crippen LogP contribution is -2.27. The lowest BCUT2D eigenvalue weighted by Gasteiger charge is -2.19. The lowest BCUT2D eigenvalue weighted by molar-refractivity contribution is 0.0636. The zero-order valence-electron chi connectivity index (χ0n) is 11.0.